The molecule has 0 unspecified atom stereocenters. The van der Waals surface area contributed by atoms with Crippen molar-refractivity contribution in [2.24, 2.45) is 5.10 Å². The van der Waals surface area contributed by atoms with Crippen molar-refractivity contribution in [3.63, 3.8) is 0 Å². The Bertz CT molecular complexity index is 1190. The molecule has 2 aromatic rings. The molecular formula is C24H24N4O6. The number of anilines is 1. The minimum absolute atomic E-state index is 0.0680. The summed E-state index contributed by atoms with van der Waals surface area (Å²) < 4.78 is 12.5. The lowest BCUT2D eigenvalue weighted by Crippen LogP contribution is -2.58. The normalized spacial score (nSPS) is 28.9. The van der Waals surface area contributed by atoms with Crippen LogP contribution in [0.25, 0.3) is 0 Å². The van der Waals surface area contributed by atoms with E-state index >= 15 is 0 Å². The number of hydrogen-bond acceptors (Lipinski definition) is 8. The van der Waals surface area contributed by atoms with E-state index in [0.717, 1.165) is 18.9 Å². The first-order chi connectivity index (χ1) is 16.3. The average Bonchev–Trinajstić information content (AvgIpc) is 3.24. The lowest BCUT2D eigenvalue weighted by molar-refractivity contribution is -0.393. The maximum atomic E-state index is 11.5. The molecule has 0 aromatic heterocycles. The highest BCUT2D eigenvalue weighted by Crippen LogP contribution is 2.53. The maximum Gasteiger partial charge on any atom is 0.301 e. The first-order valence-electron chi connectivity index (χ1n) is 11.2. The van der Waals surface area contributed by atoms with Gasteiger partial charge in [-0.2, -0.15) is 5.10 Å². The monoisotopic (exact) mass is 464 g/mol. The van der Waals surface area contributed by atoms with Crippen molar-refractivity contribution >= 4 is 22.8 Å². The van der Waals surface area contributed by atoms with Crippen LogP contribution in [0.1, 0.15) is 42.7 Å². The van der Waals surface area contributed by atoms with Crippen LogP contribution in [0.5, 0.6) is 0 Å². The molecular weight excluding hydrogens is 440 g/mol. The van der Waals surface area contributed by atoms with E-state index in [9.17, 15) is 20.2 Å². The fourth-order valence-corrected chi connectivity index (χ4v) is 4.86. The van der Waals surface area contributed by atoms with E-state index in [0.29, 0.717) is 31.1 Å². The number of aryl methyl sites for hydroxylation is 1. The van der Waals surface area contributed by atoms with Gasteiger partial charge in [0.2, 0.25) is 0 Å². The molecule has 1 saturated carbocycles. The molecule has 2 fully saturated rings. The molecule has 5 rings (SSSR count). The third kappa shape index (κ3) is 3.95. The van der Waals surface area contributed by atoms with Crippen LogP contribution in [-0.4, -0.2) is 33.6 Å². The molecule has 1 aliphatic carbocycles. The van der Waals surface area contributed by atoms with E-state index in [4.69, 9.17) is 9.47 Å². The molecule has 0 radical (unpaired) electrons. The summed E-state index contributed by atoms with van der Waals surface area (Å²) in [4.78, 5) is 21.1. The number of nitro benzene ring substituents is 2. The molecule has 0 amide bonds. The summed E-state index contributed by atoms with van der Waals surface area (Å²) in [5.41, 5.74) is 4.40. The van der Waals surface area contributed by atoms with Crippen molar-refractivity contribution in [3.8, 4) is 0 Å². The molecule has 2 aromatic carbocycles. The molecule has 0 bridgehead atoms. The minimum Gasteiger partial charge on any atom is -0.346 e. The molecule has 2 aliphatic heterocycles. The Balaban J connectivity index is 1.44. The summed E-state index contributed by atoms with van der Waals surface area (Å²) >= 11 is 0. The van der Waals surface area contributed by atoms with Gasteiger partial charge in [-0.3, -0.25) is 25.7 Å². The molecule has 34 heavy (non-hydrogen) atoms. The van der Waals surface area contributed by atoms with Gasteiger partial charge < -0.3 is 9.47 Å². The summed E-state index contributed by atoms with van der Waals surface area (Å²) in [6, 6.07) is 11.9. The number of benzene rings is 2. The quantitative estimate of drug-likeness (QED) is 0.487. The van der Waals surface area contributed by atoms with E-state index in [1.807, 2.05) is 12.2 Å². The van der Waals surface area contributed by atoms with E-state index in [1.54, 1.807) is 0 Å². The Kier molecular flexibility index (Phi) is 5.41. The van der Waals surface area contributed by atoms with Crippen LogP contribution in [0.4, 0.5) is 17.1 Å². The lowest BCUT2D eigenvalue weighted by atomic mass is 9.64. The van der Waals surface area contributed by atoms with Crippen LogP contribution >= 0.6 is 0 Å². The molecule has 10 nitrogen and oxygen atoms in total. The second-order valence-corrected chi connectivity index (χ2v) is 9.03. The first-order valence-corrected chi connectivity index (χ1v) is 11.2. The van der Waals surface area contributed by atoms with Gasteiger partial charge in [-0.1, -0.05) is 29.8 Å². The van der Waals surface area contributed by atoms with Gasteiger partial charge in [0.15, 0.2) is 5.79 Å². The van der Waals surface area contributed by atoms with Crippen LogP contribution in [0.15, 0.2) is 59.7 Å². The highest BCUT2D eigenvalue weighted by atomic mass is 16.7. The van der Waals surface area contributed by atoms with Crippen molar-refractivity contribution in [1.82, 2.24) is 0 Å². The second kappa shape index (κ2) is 8.30. The molecule has 1 saturated heterocycles. The number of ether oxygens (including phenoxy) is 2. The van der Waals surface area contributed by atoms with Crippen LogP contribution in [0, 0.1) is 27.2 Å². The van der Waals surface area contributed by atoms with Crippen LogP contribution in [0.3, 0.4) is 0 Å². The molecule has 3 aliphatic rings. The Hall–Kier alpha value is -3.63. The first kappa shape index (κ1) is 22.2. The number of nitrogens with one attached hydrogen (secondary N) is 1. The van der Waals surface area contributed by atoms with Gasteiger partial charge >= 0.3 is 5.69 Å². The molecule has 176 valence electrons. The van der Waals surface area contributed by atoms with Crippen LogP contribution in [-0.2, 0) is 9.47 Å². The topological polar surface area (TPSA) is 129 Å². The lowest BCUT2D eigenvalue weighted by Gasteiger charge is -2.52. The standard InChI is InChI=1S/C24H24N4O6/c1-16-3-5-17(6-4-16)18-14-23(15-18)22(9-11-24(34-23)10-2-12-33-24)26-25-20-8-7-19(27(29)30)13-21(20)28(31)32/h3-9,11,13,18,25H,2,10,12,14-15H2,1H3/b26-22+/t18?,23?,24-/m0/s1. The fraction of sp³-hybridized carbons (Fsp3) is 0.375. The molecule has 2 heterocycles. The summed E-state index contributed by atoms with van der Waals surface area (Å²) in [7, 11) is 0. The largest absolute Gasteiger partial charge is 0.346 e. The second-order valence-electron chi connectivity index (χ2n) is 9.03. The predicted molar refractivity (Wildman–Crippen MR) is 125 cm³/mol. The van der Waals surface area contributed by atoms with Crippen LogP contribution < -0.4 is 5.43 Å². The summed E-state index contributed by atoms with van der Waals surface area (Å²) in [6.45, 7) is 2.68. The smallest absolute Gasteiger partial charge is 0.301 e. The Labute approximate surface area is 195 Å². The highest BCUT2D eigenvalue weighted by molar-refractivity contribution is 6.04. The van der Waals surface area contributed by atoms with Gasteiger partial charge in [-0.25, -0.2) is 0 Å². The summed E-state index contributed by atoms with van der Waals surface area (Å²) in [6.07, 6.45) is 6.79. The molecule has 10 heteroatoms. The Morgan fingerprint density at radius 3 is 2.50 bits per heavy atom. The van der Waals surface area contributed by atoms with Crippen LogP contribution in [0.2, 0.25) is 0 Å². The Morgan fingerprint density at radius 2 is 1.85 bits per heavy atom. The maximum absolute atomic E-state index is 11.5. The minimum atomic E-state index is -0.767. The number of nitro groups is 2. The van der Waals surface area contributed by atoms with Gasteiger partial charge in [-0.05, 0) is 55.9 Å². The van der Waals surface area contributed by atoms with Gasteiger partial charge in [0.1, 0.15) is 11.3 Å². The van der Waals surface area contributed by atoms with Gasteiger partial charge in [0, 0.05) is 12.5 Å². The van der Waals surface area contributed by atoms with E-state index in [-0.39, 0.29) is 11.4 Å². The van der Waals surface area contributed by atoms with E-state index < -0.39 is 26.9 Å². The third-order valence-corrected chi connectivity index (χ3v) is 6.73. The highest BCUT2D eigenvalue weighted by Gasteiger charge is 2.56. The van der Waals surface area contributed by atoms with Crippen molar-refractivity contribution in [1.29, 1.82) is 0 Å². The van der Waals surface area contributed by atoms with Gasteiger partial charge in [0.05, 0.1) is 28.2 Å². The SMILES string of the molecule is Cc1ccc(C2CC3(C2)O[C@]2(C=C/C3=N\Nc3ccc([N+](=O)[O-])cc3[N+](=O)[O-])CCCO2)cc1. The molecule has 2 spiro atoms. The zero-order valence-electron chi connectivity index (χ0n) is 18.6. The van der Waals surface area contributed by atoms with Crippen molar-refractivity contribution in [3.05, 3.63) is 86.0 Å². The Morgan fingerprint density at radius 1 is 1.09 bits per heavy atom. The number of hydrazone groups is 1. The molecule has 1 N–H and O–H groups in total. The summed E-state index contributed by atoms with van der Waals surface area (Å²) in [5, 5.41) is 27.0. The molecule has 1 atom stereocenters. The average molecular weight is 464 g/mol. The number of nitrogens with zero attached hydrogens (tertiary/aromatic N) is 3. The van der Waals surface area contributed by atoms with Gasteiger partial charge in [0.25, 0.3) is 5.69 Å². The van der Waals surface area contributed by atoms with Gasteiger partial charge in [-0.15, -0.1) is 0 Å². The van der Waals surface area contributed by atoms with Crippen molar-refractivity contribution < 1.29 is 19.3 Å². The zero-order chi connectivity index (χ0) is 23.9. The summed E-state index contributed by atoms with van der Waals surface area (Å²) in [5.74, 6) is -0.471. The third-order valence-electron chi connectivity index (χ3n) is 6.73. The van der Waals surface area contributed by atoms with E-state index in [2.05, 4.69) is 41.7 Å². The number of rotatable bonds is 5. The van der Waals surface area contributed by atoms with Crippen molar-refractivity contribution in [2.75, 3.05) is 12.0 Å². The zero-order valence-corrected chi connectivity index (χ0v) is 18.6. The number of non-ortho nitro benzene ring substituents is 1. The number of hydrogen-bond donors (Lipinski definition) is 1. The van der Waals surface area contributed by atoms with E-state index in [1.165, 1.54) is 23.3 Å². The predicted octanol–water partition coefficient (Wildman–Crippen LogP) is 4.99. The fourth-order valence-electron chi connectivity index (χ4n) is 4.86. The van der Waals surface area contributed by atoms with Crippen molar-refractivity contribution in [2.45, 2.75) is 49.9 Å².